The first kappa shape index (κ1) is 14.4. The van der Waals surface area contributed by atoms with Gasteiger partial charge >= 0.3 is 0 Å². The Balaban J connectivity index is 2.12. The molecule has 3 heteroatoms. The molecule has 0 aliphatic rings. The van der Waals surface area contributed by atoms with Crippen LogP contribution in [0.3, 0.4) is 0 Å². The lowest BCUT2D eigenvalue weighted by molar-refractivity contribution is 0.521. The van der Waals surface area contributed by atoms with Crippen LogP contribution in [0.15, 0.2) is 45.3 Å². The average molecular weight is 344 g/mol. The lowest BCUT2D eigenvalue weighted by atomic mass is 9.98. The van der Waals surface area contributed by atoms with Gasteiger partial charge in [-0.15, -0.1) is 0 Å². The summed E-state index contributed by atoms with van der Waals surface area (Å²) in [6.45, 7) is 6.25. The quantitative estimate of drug-likeness (QED) is 0.697. The van der Waals surface area contributed by atoms with E-state index in [1.807, 2.05) is 12.1 Å². The summed E-state index contributed by atoms with van der Waals surface area (Å²) in [5.74, 6) is 0.841. The molecule has 2 aromatic carbocycles. The van der Waals surface area contributed by atoms with Crippen molar-refractivity contribution in [3.8, 4) is 0 Å². The maximum absolute atomic E-state index is 6.45. The fourth-order valence-electron chi connectivity index (χ4n) is 2.86. The molecule has 0 saturated carbocycles. The number of benzene rings is 2. The van der Waals surface area contributed by atoms with Crippen LogP contribution in [0, 0.1) is 20.8 Å². The number of fused-ring (bicyclic) bond motifs is 1. The molecule has 2 nitrogen and oxygen atoms in total. The number of furan rings is 1. The number of aryl methyl sites for hydroxylation is 3. The first-order chi connectivity index (χ1) is 9.95. The molecule has 1 heterocycles. The van der Waals surface area contributed by atoms with Crippen LogP contribution in [-0.2, 0) is 0 Å². The second kappa shape index (κ2) is 5.32. The summed E-state index contributed by atoms with van der Waals surface area (Å²) in [4.78, 5) is 0. The summed E-state index contributed by atoms with van der Waals surface area (Å²) >= 11 is 3.48. The molecule has 3 aromatic rings. The van der Waals surface area contributed by atoms with E-state index >= 15 is 0 Å². The Morgan fingerprint density at radius 1 is 1.00 bits per heavy atom. The summed E-state index contributed by atoms with van der Waals surface area (Å²) in [5, 5.41) is 1.12. The Morgan fingerprint density at radius 2 is 1.67 bits per heavy atom. The van der Waals surface area contributed by atoms with E-state index in [9.17, 15) is 0 Å². The van der Waals surface area contributed by atoms with Crippen LogP contribution in [0.1, 0.15) is 34.1 Å². The molecule has 2 N–H and O–H groups in total. The van der Waals surface area contributed by atoms with Gasteiger partial charge in [0, 0.05) is 15.4 Å². The van der Waals surface area contributed by atoms with Gasteiger partial charge in [0.25, 0.3) is 0 Å². The lowest BCUT2D eigenvalue weighted by Crippen LogP contribution is -2.12. The number of rotatable bonds is 2. The van der Waals surface area contributed by atoms with Gasteiger partial charge in [-0.25, -0.2) is 0 Å². The SMILES string of the molecule is Cc1cc(C)cc(C(N)c2oc3cc(Br)ccc3c2C)c1. The summed E-state index contributed by atoms with van der Waals surface area (Å²) in [5.41, 5.74) is 12.0. The van der Waals surface area contributed by atoms with Crippen LogP contribution in [-0.4, -0.2) is 0 Å². The maximum Gasteiger partial charge on any atom is 0.135 e. The standard InChI is InChI=1S/C18H18BrNO/c1-10-6-11(2)8-13(7-10)17(20)18-12(3)15-5-4-14(19)9-16(15)21-18/h4-9,17H,20H2,1-3H3. The fraction of sp³-hybridized carbons (Fsp3) is 0.222. The molecular weight excluding hydrogens is 326 g/mol. The van der Waals surface area contributed by atoms with Crippen molar-refractivity contribution < 1.29 is 4.42 Å². The molecule has 0 bridgehead atoms. The Hall–Kier alpha value is -1.58. The largest absolute Gasteiger partial charge is 0.459 e. The first-order valence-electron chi connectivity index (χ1n) is 6.98. The van der Waals surface area contributed by atoms with Gasteiger partial charge in [-0.05, 0) is 44.5 Å². The maximum atomic E-state index is 6.45. The molecule has 21 heavy (non-hydrogen) atoms. The van der Waals surface area contributed by atoms with E-state index in [-0.39, 0.29) is 6.04 Å². The predicted molar refractivity (Wildman–Crippen MR) is 90.6 cm³/mol. The summed E-state index contributed by atoms with van der Waals surface area (Å²) in [7, 11) is 0. The summed E-state index contributed by atoms with van der Waals surface area (Å²) < 4.78 is 7.03. The second-order valence-electron chi connectivity index (χ2n) is 5.63. The van der Waals surface area contributed by atoms with Crippen LogP contribution in [0.25, 0.3) is 11.0 Å². The van der Waals surface area contributed by atoms with Crippen LogP contribution >= 0.6 is 15.9 Å². The van der Waals surface area contributed by atoms with Crippen molar-refractivity contribution in [3.05, 3.63) is 68.9 Å². The van der Waals surface area contributed by atoms with Gasteiger partial charge in [-0.2, -0.15) is 0 Å². The highest BCUT2D eigenvalue weighted by Crippen LogP contribution is 2.33. The molecule has 1 unspecified atom stereocenters. The summed E-state index contributed by atoms with van der Waals surface area (Å²) in [6.07, 6.45) is 0. The molecule has 108 valence electrons. The predicted octanol–water partition coefficient (Wildman–Crippen LogP) is 5.17. The van der Waals surface area contributed by atoms with E-state index in [0.717, 1.165) is 32.3 Å². The van der Waals surface area contributed by atoms with E-state index in [0.29, 0.717) is 0 Å². The molecule has 0 aliphatic heterocycles. The monoisotopic (exact) mass is 343 g/mol. The Bertz CT molecular complexity index is 799. The number of halogens is 1. The molecule has 0 aliphatic carbocycles. The zero-order chi connectivity index (χ0) is 15.1. The van der Waals surface area contributed by atoms with Gasteiger partial charge in [0.15, 0.2) is 0 Å². The van der Waals surface area contributed by atoms with E-state index in [1.165, 1.54) is 11.1 Å². The van der Waals surface area contributed by atoms with Crippen molar-refractivity contribution in [2.24, 2.45) is 5.73 Å². The van der Waals surface area contributed by atoms with Crippen molar-refractivity contribution in [1.29, 1.82) is 0 Å². The van der Waals surface area contributed by atoms with Crippen LogP contribution in [0.5, 0.6) is 0 Å². The topological polar surface area (TPSA) is 39.2 Å². The van der Waals surface area contributed by atoms with Crippen molar-refractivity contribution in [2.45, 2.75) is 26.8 Å². The molecule has 0 spiro atoms. The molecule has 1 atom stereocenters. The minimum absolute atomic E-state index is 0.241. The highest BCUT2D eigenvalue weighted by atomic mass is 79.9. The molecule has 0 amide bonds. The molecule has 0 radical (unpaired) electrons. The van der Waals surface area contributed by atoms with Crippen LogP contribution in [0.4, 0.5) is 0 Å². The van der Waals surface area contributed by atoms with Gasteiger partial charge < -0.3 is 10.2 Å². The zero-order valence-electron chi connectivity index (χ0n) is 12.4. The Labute approximate surface area is 133 Å². The molecular formula is C18H18BrNO. The third kappa shape index (κ3) is 2.63. The molecule has 1 aromatic heterocycles. The van der Waals surface area contributed by atoms with Crippen molar-refractivity contribution in [1.82, 2.24) is 0 Å². The smallest absolute Gasteiger partial charge is 0.135 e. The number of nitrogens with two attached hydrogens (primary N) is 1. The highest BCUT2D eigenvalue weighted by molar-refractivity contribution is 9.10. The number of hydrogen-bond acceptors (Lipinski definition) is 2. The van der Waals surface area contributed by atoms with E-state index in [4.69, 9.17) is 10.2 Å². The van der Waals surface area contributed by atoms with E-state index < -0.39 is 0 Å². The van der Waals surface area contributed by atoms with Crippen LogP contribution < -0.4 is 5.73 Å². The number of hydrogen-bond donors (Lipinski definition) is 1. The third-order valence-corrected chi connectivity index (χ3v) is 4.32. The van der Waals surface area contributed by atoms with E-state index in [2.05, 4.69) is 61.0 Å². The molecule has 3 rings (SSSR count). The third-order valence-electron chi connectivity index (χ3n) is 3.82. The van der Waals surface area contributed by atoms with Gasteiger partial charge in [0.1, 0.15) is 11.3 Å². The van der Waals surface area contributed by atoms with Gasteiger partial charge in [-0.1, -0.05) is 45.3 Å². The van der Waals surface area contributed by atoms with Crippen molar-refractivity contribution >= 4 is 26.9 Å². The molecule has 0 fully saturated rings. The minimum atomic E-state index is -0.241. The second-order valence-corrected chi connectivity index (χ2v) is 6.55. The van der Waals surface area contributed by atoms with Crippen molar-refractivity contribution in [2.75, 3.05) is 0 Å². The summed E-state index contributed by atoms with van der Waals surface area (Å²) in [6, 6.07) is 12.2. The highest BCUT2D eigenvalue weighted by Gasteiger charge is 2.19. The van der Waals surface area contributed by atoms with Crippen molar-refractivity contribution in [3.63, 3.8) is 0 Å². The zero-order valence-corrected chi connectivity index (χ0v) is 14.0. The Morgan fingerprint density at radius 3 is 2.33 bits per heavy atom. The first-order valence-corrected chi connectivity index (χ1v) is 7.77. The molecule has 0 saturated heterocycles. The average Bonchev–Trinajstić information content (AvgIpc) is 2.73. The fourth-order valence-corrected chi connectivity index (χ4v) is 3.20. The van der Waals surface area contributed by atoms with Gasteiger partial charge in [-0.3, -0.25) is 0 Å². The Kier molecular flexibility index (Phi) is 3.64. The van der Waals surface area contributed by atoms with Gasteiger partial charge in [0.2, 0.25) is 0 Å². The normalized spacial score (nSPS) is 12.8. The minimum Gasteiger partial charge on any atom is -0.459 e. The van der Waals surface area contributed by atoms with Crippen LogP contribution in [0.2, 0.25) is 0 Å². The lowest BCUT2D eigenvalue weighted by Gasteiger charge is -2.12. The van der Waals surface area contributed by atoms with E-state index in [1.54, 1.807) is 0 Å². The van der Waals surface area contributed by atoms with Gasteiger partial charge in [0.05, 0.1) is 6.04 Å².